The molecule has 2 heteroatoms. The van der Waals surface area contributed by atoms with Crippen molar-refractivity contribution in [3.05, 3.63) is 75.8 Å². The molecule has 2 aromatic carbocycles. The van der Waals surface area contributed by atoms with Crippen molar-refractivity contribution < 1.29 is 0 Å². The molecule has 1 atom stereocenters. The Morgan fingerprint density at radius 3 is 2.39 bits per heavy atom. The van der Waals surface area contributed by atoms with Crippen LogP contribution in [0.5, 0.6) is 0 Å². The fraction of sp³-hybridized carbons (Fsp3) is 0.238. The number of halogens is 2. The molecule has 1 unspecified atom stereocenters. The van der Waals surface area contributed by atoms with Gasteiger partial charge < -0.3 is 0 Å². The maximum atomic E-state index is 3.65. The van der Waals surface area contributed by atoms with Crippen molar-refractivity contribution in [3.8, 4) is 11.1 Å². The number of alkyl halides is 1. The average Bonchev–Trinajstić information content (AvgIpc) is 2.76. The number of hydrogen-bond acceptors (Lipinski definition) is 0. The predicted molar refractivity (Wildman–Crippen MR) is 106 cm³/mol. The Morgan fingerprint density at radius 1 is 1.00 bits per heavy atom. The van der Waals surface area contributed by atoms with Crippen LogP contribution in [-0.2, 0) is 5.41 Å². The second-order valence-electron chi connectivity index (χ2n) is 6.85. The Balaban J connectivity index is 1.84. The van der Waals surface area contributed by atoms with Crippen LogP contribution in [0.25, 0.3) is 16.7 Å². The van der Waals surface area contributed by atoms with Gasteiger partial charge in [0.1, 0.15) is 0 Å². The van der Waals surface area contributed by atoms with Gasteiger partial charge in [0, 0.05) is 14.7 Å². The van der Waals surface area contributed by atoms with Crippen LogP contribution in [0.4, 0.5) is 0 Å². The zero-order chi connectivity index (χ0) is 16.2. The molecule has 0 N–H and O–H groups in total. The molecule has 2 aliphatic rings. The molecule has 0 saturated carbocycles. The number of benzene rings is 2. The van der Waals surface area contributed by atoms with Crippen molar-refractivity contribution in [3.63, 3.8) is 0 Å². The summed E-state index contributed by atoms with van der Waals surface area (Å²) in [6.45, 7) is 4.65. The molecule has 0 aromatic heterocycles. The lowest BCUT2D eigenvalue weighted by Crippen LogP contribution is -2.15. The molecule has 2 aliphatic carbocycles. The maximum absolute atomic E-state index is 3.65. The van der Waals surface area contributed by atoms with Gasteiger partial charge in [0.15, 0.2) is 0 Å². The highest BCUT2D eigenvalue weighted by atomic mass is 79.9. The summed E-state index contributed by atoms with van der Waals surface area (Å²) >= 11 is 7.27. The molecule has 2 aromatic rings. The molecule has 0 amide bonds. The van der Waals surface area contributed by atoms with Gasteiger partial charge in [-0.3, -0.25) is 0 Å². The van der Waals surface area contributed by atoms with E-state index in [1.54, 1.807) is 0 Å². The van der Waals surface area contributed by atoms with Gasteiger partial charge in [-0.2, -0.15) is 0 Å². The van der Waals surface area contributed by atoms with Crippen molar-refractivity contribution in [1.82, 2.24) is 0 Å². The third kappa shape index (κ3) is 2.47. The van der Waals surface area contributed by atoms with E-state index in [9.17, 15) is 0 Å². The van der Waals surface area contributed by atoms with Gasteiger partial charge in [-0.05, 0) is 58.0 Å². The second kappa shape index (κ2) is 5.46. The molecule has 0 spiro atoms. The minimum absolute atomic E-state index is 0.0430. The van der Waals surface area contributed by atoms with Crippen LogP contribution < -0.4 is 0 Å². The number of rotatable bonds is 1. The summed E-state index contributed by atoms with van der Waals surface area (Å²) in [5, 5.41) is 0. The average molecular weight is 430 g/mol. The number of hydrogen-bond donors (Lipinski definition) is 0. The summed E-state index contributed by atoms with van der Waals surface area (Å²) in [5.74, 6) is 0. The van der Waals surface area contributed by atoms with E-state index in [0.29, 0.717) is 4.83 Å². The van der Waals surface area contributed by atoms with Crippen molar-refractivity contribution in [1.29, 1.82) is 0 Å². The monoisotopic (exact) mass is 428 g/mol. The molecule has 116 valence electrons. The maximum Gasteiger partial charge on any atom is 0.0363 e. The molecule has 0 bridgehead atoms. The van der Waals surface area contributed by atoms with Gasteiger partial charge in [0.25, 0.3) is 0 Å². The van der Waals surface area contributed by atoms with Gasteiger partial charge in [-0.15, -0.1) is 0 Å². The van der Waals surface area contributed by atoms with Gasteiger partial charge in [-0.25, -0.2) is 0 Å². The van der Waals surface area contributed by atoms with E-state index in [2.05, 4.69) is 100 Å². The van der Waals surface area contributed by atoms with Crippen molar-refractivity contribution >= 4 is 37.4 Å². The Labute approximate surface area is 154 Å². The summed E-state index contributed by atoms with van der Waals surface area (Å²) in [5.41, 5.74) is 8.27. The zero-order valence-electron chi connectivity index (χ0n) is 13.2. The van der Waals surface area contributed by atoms with Crippen LogP contribution in [0.2, 0.25) is 0 Å². The predicted octanol–water partition coefficient (Wildman–Crippen LogP) is 6.86. The van der Waals surface area contributed by atoms with E-state index in [1.807, 2.05) is 0 Å². The molecule has 0 heterocycles. The molecule has 0 saturated heterocycles. The summed E-state index contributed by atoms with van der Waals surface area (Å²) in [7, 11) is 0. The molecule has 0 nitrogen and oxygen atoms in total. The van der Waals surface area contributed by atoms with Crippen LogP contribution >= 0.6 is 31.9 Å². The second-order valence-corrected chi connectivity index (χ2v) is 8.94. The van der Waals surface area contributed by atoms with Gasteiger partial charge in [0.05, 0.1) is 0 Å². The summed E-state index contributed by atoms with van der Waals surface area (Å²) in [6.07, 6.45) is 7.85. The Morgan fingerprint density at radius 2 is 1.70 bits per heavy atom. The minimum Gasteiger partial charge on any atom is -0.0842 e. The van der Waals surface area contributed by atoms with E-state index in [-0.39, 0.29) is 5.41 Å². The fourth-order valence-electron chi connectivity index (χ4n) is 3.70. The molecule has 0 aliphatic heterocycles. The molecular weight excluding hydrogens is 412 g/mol. The first kappa shape index (κ1) is 15.4. The highest BCUT2D eigenvalue weighted by Gasteiger charge is 2.35. The summed E-state index contributed by atoms with van der Waals surface area (Å²) in [4.78, 5) is 0.471. The smallest absolute Gasteiger partial charge is 0.0363 e. The third-order valence-electron chi connectivity index (χ3n) is 5.02. The van der Waals surface area contributed by atoms with Gasteiger partial charge in [-0.1, -0.05) is 82.1 Å². The molecule has 4 rings (SSSR count). The Hall–Kier alpha value is -1.12. The van der Waals surface area contributed by atoms with Crippen molar-refractivity contribution in [2.75, 3.05) is 0 Å². The van der Waals surface area contributed by atoms with Crippen LogP contribution in [0, 0.1) is 0 Å². The van der Waals surface area contributed by atoms with E-state index < -0.39 is 0 Å². The first-order valence-corrected chi connectivity index (χ1v) is 9.65. The highest BCUT2D eigenvalue weighted by molar-refractivity contribution is 9.10. The third-order valence-corrected chi connectivity index (χ3v) is 6.19. The topological polar surface area (TPSA) is 0 Å². The molecule has 23 heavy (non-hydrogen) atoms. The van der Waals surface area contributed by atoms with Crippen molar-refractivity contribution in [2.45, 2.75) is 30.5 Å². The normalized spacial score (nSPS) is 20.9. The largest absolute Gasteiger partial charge is 0.0842 e. The molecule has 0 fully saturated rings. The van der Waals surface area contributed by atoms with E-state index >= 15 is 0 Å². The van der Waals surface area contributed by atoms with E-state index in [0.717, 1.165) is 10.9 Å². The fourth-order valence-corrected chi connectivity index (χ4v) is 4.40. The first-order chi connectivity index (χ1) is 11.0. The summed E-state index contributed by atoms with van der Waals surface area (Å²) < 4.78 is 1.15. The standard InChI is InChI=1S/C21H18Br2/c1-21(2)19-11-14(13-3-6-15(22)7-4-13)5-9-17(19)18-10-8-16(23)12-20(18)21/h3-6,8-12,15H,7H2,1-2H3. The lowest BCUT2D eigenvalue weighted by Gasteiger charge is -2.22. The lowest BCUT2D eigenvalue weighted by atomic mass is 9.81. The molecule has 0 radical (unpaired) electrons. The van der Waals surface area contributed by atoms with Crippen LogP contribution in [0.15, 0.2) is 59.1 Å². The SMILES string of the molecule is CC1(C)c2cc(Br)ccc2-c2ccc(C3=CCC(Br)C=C3)cc21. The minimum atomic E-state index is 0.0430. The Bertz CT molecular complexity index is 856. The first-order valence-electron chi connectivity index (χ1n) is 7.94. The quantitative estimate of drug-likeness (QED) is 0.434. The van der Waals surface area contributed by atoms with Crippen LogP contribution in [0.3, 0.4) is 0 Å². The lowest BCUT2D eigenvalue weighted by molar-refractivity contribution is 0.660. The number of fused-ring (bicyclic) bond motifs is 3. The Kier molecular flexibility index (Phi) is 3.66. The van der Waals surface area contributed by atoms with Gasteiger partial charge >= 0.3 is 0 Å². The summed E-state index contributed by atoms with van der Waals surface area (Å²) in [6, 6.07) is 13.6. The molecular formula is C21H18Br2. The number of allylic oxidation sites excluding steroid dienone is 4. The zero-order valence-corrected chi connectivity index (χ0v) is 16.4. The van der Waals surface area contributed by atoms with Gasteiger partial charge in [0.2, 0.25) is 0 Å². The highest BCUT2D eigenvalue weighted by Crippen LogP contribution is 2.50. The van der Waals surface area contributed by atoms with Crippen LogP contribution in [0.1, 0.15) is 37.0 Å². The van der Waals surface area contributed by atoms with E-state index in [4.69, 9.17) is 0 Å². The van der Waals surface area contributed by atoms with Crippen molar-refractivity contribution in [2.24, 2.45) is 0 Å². The van der Waals surface area contributed by atoms with Crippen LogP contribution in [-0.4, -0.2) is 4.83 Å². The van der Waals surface area contributed by atoms with E-state index in [1.165, 1.54) is 33.4 Å².